The van der Waals surface area contributed by atoms with E-state index in [1.165, 1.54) is 0 Å². The molecule has 1 atom stereocenters. The Kier molecular flexibility index (Phi) is 5.08. The van der Waals surface area contributed by atoms with E-state index in [4.69, 9.17) is 16.2 Å². The molecular weight excluding hydrogens is 204 g/mol. The molecule has 0 radical (unpaired) electrons. The normalized spacial score (nSPS) is 12.4. The maximum absolute atomic E-state index is 9.76. The molecule has 90 valence electrons. The smallest absolute Gasteiger partial charge is 0.124 e. The summed E-state index contributed by atoms with van der Waals surface area (Å²) in [5, 5.41) is 9.76. The predicted molar refractivity (Wildman–Crippen MR) is 64.5 cm³/mol. The largest absolute Gasteiger partial charge is 0.507 e. The molecule has 1 rings (SSSR count). The highest BCUT2D eigenvalue weighted by atomic mass is 16.5. The van der Waals surface area contributed by atoms with Crippen molar-refractivity contribution >= 4 is 0 Å². The summed E-state index contributed by atoms with van der Waals surface area (Å²) >= 11 is 0. The van der Waals surface area contributed by atoms with Gasteiger partial charge in [0, 0.05) is 17.7 Å². The van der Waals surface area contributed by atoms with Crippen LogP contribution in [-0.4, -0.2) is 18.8 Å². The van der Waals surface area contributed by atoms with Gasteiger partial charge in [-0.25, -0.2) is 0 Å². The predicted octanol–water partition coefficient (Wildman–Crippen LogP) is 1.53. The van der Waals surface area contributed by atoms with Gasteiger partial charge in [0.2, 0.25) is 0 Å². The van der Waals surface area contributed by atoms with Gasteiger partial charge in [-0.15, -0.1) is 0 Å². The van der Waals surface area contributed by atoms with E-state index in [1.54, 1.807) is 25.3 Å². The van der Waals surface area contributed by atoms with Crippen molar-refractivity contribution < 1.29 is 9.84 Å². The van der Waals surface area contributed by atoms with E-state index in [-0.39, 0.29) is 11.8 Å². The first-order valence-corrected chi connectivity index (χ1v) is 5.51. The molecule has 0 saturated heterocycles. The van der Waals surface area contributed by atoms with Crippen LogP contribution in [0.5, 0.6) is 11.5 Å². The lowest BCUT2D eigenvalue weighted by molar-refractivity contribution is 0.404. The second kappa shape index (κ2) is 6.35. The number of unbranched alkanes of at least 4 members (excludes halogenated alkanes) is 1. The Hall–Kier alpha value is -1.26. The van der Waals surface area contributed by atoms with E-state index < -0.39 is 0 Å². The quantitative estimate of drug-likeness (QED) is 0.640. The lowest BCUT2D eigenvalue weighted by atomic mass is 10.0. The van der Waals surface area contributed by atoms with Gasteiger partial charge in [0.25, 0.3) is 0 Å². The molecule has 0 spiro atoms. The van der Waals surface area contributed by atoms with Crippen LogP contribution in [0.15, 0.2) is 18.2 Å². The summed E-state index contributed by atoms with van der Waals surface area (Å²) in [4.78, 5) is 0. The summed E-state index contributed by atoms with van der Waals surface area (Å²) in [6, 6.07) is 5.05. The van der Waals surface area contributed by atoms with E-state index in [1.807, 2.05) is 0 Å². The first-order valence-electron chi connectivity index (χ1n) is 5.51. The molecule has 0 aliphatic rings. The third-order valence-corrected chi connectivity index (χ3v) is 2.61. The van der Waals surface area contributed by atoms with E-state index in [9.17, 15) is 5.11 Å². The number of aromatic hydroxyl groups is 1. The monoisotopic (exact) mass is 224 g/mol. The number of benzene rings is 1. The van der Waals surface area contributed by atoms with Gasteiger partial charge in [0.05, 0.1) is 7.11 Å². The van der Waals surface area contributed by atoms with Crippen LogP contribution in [0, 0.1) is 0 Å². The molecule has 0 amide bonds. The Labute approximate surface area is 96.2 Å². The van der Waals surface area contributed by atoms with Gasteiger partial charge in [-0.3, -0.25) is 0 Å². The van der Waals surface area contributed by atoms with Crippen molar-refractivity contribution in [3.05, 3.63) is 23.8 Å². The standard InChI is InChI=1S/C12H20N2O2/c1-16-9-5-6-10(12(15)8-9)11(14)4-2-3-7-13/h5-6,8,11,15H,2-4,7,13-14H2,1H3/t11-/m1/s1. The molecule has 0 aromatic heterocycles. The summed E-state index contributed by atoms with van der Waals surface area (Å²) in [5.74, 6) is 0.829. The fraction of sp³-hybridized carbons (Fsp3) is 0.500. The van der Waals surface area contributed by atoms with Gasteiger partial charge in [0.1, 0.15) is 11.5 Å². The van der Waals surface area contributed by atoms with Crippen molar-refractivity contribution in [1.29, 1.82) is 0 Å². The zero-order valence-corrected chi connectivity index (χ0v) is 9.65. The van der Waals surface area contributed by atoms with Gasteiger partial charge in [-0.2, -0.15) is 0 Å². The summed E-state index contributed by atoms with van der Waals surface area (Å²) in [6.07, 6.45) is 2.77. The van der Waals surface area contributed by atoms with Crippen molar-refractivity contribution in [2.75, 3.05) is 13.7 Å². The van der Waals surface area contributed by atoms with Crippen LogP contribution in [0.2, 0.25) is 0 Å². The van der Waals surface area contributed by atoms with Crippen molar-refractivity contribution in [3.63, 3.8) is 0 Å². The number of nitrogens with two attached hydrogens (primary N) is 2. The van der Waals surface area contributed by atoms with Gasteiger partial charge in [-0.1, -0.05) is 12.5 Å². The van der Waals surface area contributed by atoms with Gasteiger partial charge < -0.3 is 21.3 Å². The van der Waals surface area contributed by atoms with E-state index >= 15 is 0 Å². The average Bonchev–Trinajstić information content (AvgIpc) is 2.29. The van der Waals surface area contributed by atoms with Crippen LogP contribution in [-0.2, 0) is 0 Å². The lowest BCUT2D eigenvalue weighted by Gasteiger charge is -2.14. The number of hydrogen-bond acceptors (Lipinski definition) is 4. The average molecular weight is 224 g/mol. The van der Waals surface area contributed by atoms with Crippen LogP contribution in [0.3, 0.4) is 0 Å². The minimum atomic E-state index is -0.141. The molecular formula is C12H20N2O2. The second-order valence-corrected chi connectivity index (χ2v) is 3.82. The molecule has 0 bridgehead atoms. The first-order chi connectivity index (χ1) is 7.69. The second-order valence-electron chi connectivity index (χ2n) is 3.82. The van der Waals surface area contributed by atoms with E-state index in [0.29, 0.717) is 12.3 Å². The summed E-state index contributed by atoms with van der Waals surface area (Å²) in [6.45, 7) is 0.682. The highest BCUT2D eigenvalue weighted by Gasteiger charge is 2.11. The molecule has 16 heavy (non-hydrogen) atoms. The molecule has 4 heteroatoms. The van der Waals surface area contributed by atoms with E-state index in [2.05, 4.69) is 0 Å². The van der Waals surface area contributed by atoms with E-state index in [0.717, 1.165) is 24.8 Å². The van der Waals surface area contributed by atoms with Crippen molar-refractivity contribution in [2.45, 2.75) is 25.3 Å². The Balaban J connectivity index is 2.64. The third kappa shape index (κ3) is 3.40. The third-order valence-electron chi connectivity index (χ3n) is 2.61. The van der Waals surface area contributed by atoms with Crippen molar-refractivity contribution in [3.8, 4) is 11.5 Å². The molecule has 5 N–H and O–H groups in total. The molecule has 0 unspecified atom stereocenters. The van der Waals surface area contributed by atoms with Gasteiger partial charge >= 0.3 is 0 Å². The fourth-order valence-corrected chi connectivity index (χ4v) is 1.63. The SMILES string of the molecule is COc1ccc([C@H](N)CCCCN)c(O)c1. The minimum absolute atomic E-state index is 0.141. The maximum atomic E-state index is 9.76. The highest BCUT2D eigenvalue weighted by molar-refractivity contribution is 5.41. The molecule has 1 aromatic carbocycles. The summed E-state index contributed by atoms with van der Waals surface area (Å²) < 4.78 is 5.01. The molecule has 0 aliphatic heterocycles. The Morgan fingerprint density at radius 3 is 2.69 bits per heavy atom. The zero-order chi connectivity index (χ0) is 12.0. The Morgan fingerprint density at radius 2 is 2.12 bits per heavy atom. The highest BCUT2D eigenvalue weighted by Crippen LogP contribution is 2.29. The number of phenols is 1. The van der Waals surface area contributed by atoms with Crippen molar-refractivity contribution in [1.82, 2.24) is 0 Å². The number of rotatable bonds is 6. The van der Waals surface area contributed by atoms with Crippen LogP contribution >= 0.6 is 0 Å². The molecule has 0 fully saturated rings. The number of hydrogen-bond donors (Lipinski definition) is 3. The Bertz CT molecular complexity index is 329. The molecule has 4 nitrogen and oxygen atoms in total. The summed E-state index contributed by atoms with van der Waals surface area (Å²) in [7, 11) is 1.57. The number of ether oxygens (including phenoxy) is 1. The van der Waals surface area contributed by atoms with Crippen LogP contribution in [0.1, 0.15) is 30.9 Å². The number of phenolic OH excluding ortho intramolecular Hbond substituents is 1. The van der Waals surface area contributed by atoms with Crippen LogP contribution in [0.25, 0.3) is 0 Å². The lowest BCUT2D eigenvalue weighted by Crippen LogP contribution is -2.11. The number of methoxy groups -OCH3 is 1. The summed E-state index contributed by atoms with van der Waals surface area (Å²) in [5.41, 5.74) is 12.2. The van der Waals surface area contributed by atoms with Gasteiger partial charge in [-0.05, 0) is 25.5 Å². The first kappa shape index (κ1) is 12.8. The Morgan fingerprint density at radius 1 is 1.38 bits per heavy atom. The van der Waals surface area contributed by atoms with Crippen molar-refractivity contribution in [2.24, 2.45) is 11.5 Å². The molecule has 0 heterocycles. The van der Waals surface area contributed by atoms with Crippen LogP contribution < -0.4 is 16.2 Å². The van der Waals surface area contributed by atoms with Gasteiger partial charge in [0.15, 0.2) is 0 Å². The zero-order valence-electron chi connectivity index (χ0n) is 9.65. The van der Waals surface area contributed by atoms with Crippen LogP contribution in [0.4, 0.5) is 0 Å². The minimum Gasteiger partial charge on any atom is -0.507 e. The molecule has 0 saturated carbocycles. The maximum Gasteiger partial charge on any atom is 0.124 e. The molecule has 1 aromatic rings. The topological polar surface area (TPSA) is 81.5 Å². The molecule has 0 aliphatic carbocycles. The fourth-order valence-electron chi connectivity index (χ4n) is 1.63.